The standard InChI is InChI=1S/C19H24N2O3S3/c1-15-6-8-17(9-7-15)25-13-10-20-19(22)16-4-2-11-21(14-16)27(23,24)18-5-3-12-26-18/h3,5-9,12,16H,2,4,10-11,13-14H2,1H3,(H,20,22)/t16-/m1/s1. The van der Waals surface area contributed by atoms with Crippen molar-refractivity contribution in [2.24, 2.45) is 5.92 Å². The minimum atomic E-state index is -3.48. The Labute approximate surface area is 169 Å². The average Bonchev–Trinajstić information content (AvgIpc) is 3.22. The normalized spacial score (nSPS) is 18.3. The van der Waals surface area contributed by atoms with Crippen molar-refractivity contribution in [3.8, 4) is 0 Å². The van der Waals surface area contributed by atoms with Crippen molar-refractivity contribution in [1.82, 2.24) is 9.62 Å². The molecular weight excluding hydrogens is 400 g/mol. The van der Waals surface area contributed by atoms with Gasteiger partial charge in [0.15, 0.2) is 0 Å². The van der Waals surface area contributed by atoms with Gasteiger partial charge in [-0.25, -0.2) is 8.42 Å². The van der Waals surface area contributed by atoms with Crippen LogP contribution in [0.2, 0.25) is 0 Å². The Morgan fingerprint density at radius 1 is 1.30 bits per heavy atom. The number of sulfonamides is 1. The van der Waals surface area contributed by atoms with Crippen molar-refractivity contribution >= 4 is 39.0 Å². The van der Waals surface area contributed by atoms with E-state index in [0.717, 1.165) is 12.2 Å². The maximum atomic E-state index is 12.7. The summed E-state index contributed by atoms with van der Waals surface area (Å²) in [6.45, 7) is 3.37. The number of hydrogen-bond acceptors (Lipinski definition) is 5. The summed E-state index contributed by atoms with van der Waals surface area (Å²) in [6, 6.07) is 11.7. The lowest BCUT2D eigenvalue weighted by molar-refractivity contribution is -0.125. The summed E-state index contributed by atoms with van der Waals surface area (Å²) in [5.41, 5.74) is 1.23. The van der Waals surface area contributed by atoms with Crippen molar-refractivity contribution in [2.75, 3.05) is 25.4 Å². The highest BCUT2D eigenvalue weighted by molar-refractivity contribution is 7.99. The lowest BCUT2D eigenvalue weighted by atomic mass is 9.99. The Bertz CT molecular complexity index is 849. The molecule has 1 aromatic carbocycles. The second-order valence-electron chi connectivity index (χ2n) is 6.59. The van der Waals surface area contributed by atoms with Gasteiger partial charge in [0.1, 0.15) is 4.21 Å². The van der Waals surface area contributed by atoms with Crippen LogP contribution >= 0.6 is 23.1 Å². The molecule has 0 bridgehead atoms. The number of benzene rings is 1. The molecule has 1 fully saturated rings. The van der Waals surface area contributed by atoms with Crippen LogP contribution in [0.1, 0.15) is 18.4 Å². The summed E-state index contributed by atoms with van der Waals surface area (Å²) >= 11 is 2.92. The number of hydrogen-bond donors (Lipinski definition) is 1. The van der Waals surface area contributed by atoms with Crippen LogP contribution in [0.5, 0.6) is 0 Å². The number of amides is 1. The Balaban J connectivity index is 1.47. The van der Waals surface area contributed by atoms with Gasteiger partial charge in [-0.2, -0.15) is 4.31 Å². The van der Waals surface area contributed by atoms with Gasteiger partial charge < -0.3 is 5.32 Å². The summed E-state index contributed by atoms with van der Waals surface area (Å²) in [5.74, 6) is 0.460. The van der Waals surface area contributed by atoms with Gasteiger partial charge in [-0.3, -0.25) is 4.79 Å². The number of rotatable bonds is 7. The van der Waals surface area contributed by atoms with Crippen LogP contribution in [-0.2, 0) is 14.8 Å². The fraction of sp³-hybridized carbons (Fsp3) is 0.421. The second kappa shape index (κ2) is 9.23. The highest BCUT2D eigenvalue weighted by atomic mass is 32.2. The van der Waals surface area contributed by atoms with E-state index >= 15 is 0 Å². The third-order valence-electron chi connectivity index (χ3n) is 4.54. The smallest absolute Gasteiger partial charge is 0.252 e. The molecule has 1 aromatic heterocycles. The molecule has 0 saturated carbocycles. The number of nitrogens with zero attached hydrogens (tertiary/aromatic N) is 1. The summed E-state index contributed by atoms with van der Waals surface area (Å²) in [7, 11) is -3.48. The molecule has 1 N–H and O–H groups in total. The van der Waals surface area contributed by atoms with Gasteiger partial charge in [-0.1, -0.05) is 23.8 Å². The minimum absolute atomic E-state index is 0.0504. The molecule has 2 aromatic rings. The van der Waals surface area contributed by atoms with E-state index in [1.165, 1.54) is 26.1 Å². The topological polar surface area (TPSA) is 66.5 Å². The van der Waals surface area contributed by atoms with Crippen molar-refractivity contribution in [3.05, 3.63) is 47.3 Å². The zero-order valence-corrected chi connectivity index (χ0v) is 17.7. The molecule has 1 atom stereocenters. The zero-order valence-electron chi connectivity index (χ0n) is 15.3. The quantitative estimate of drug-likeness (QED) is 0.547. The molecule has 0 aliphatic carbocycles. The summed E-state index contributed by atoms with van der Waals surface area (Å²) in [6.07, 6.45) is 1.44. The van der Waals surface area contributed by atoms with Crippen LogP contribution in [0.4, 0.5) is 0 Å². The first kappa shape index (κ1) is 20.4. The Kier molecular flexibility index (Phi) is 6.97. The first-order valence-corrected chi connectivity index (χ1v) is 12.3. The fourth-order valence-electron chi connectivity index (χ4n) is 3.03. The van der Waals surface area contributed by atoms with Crippen molar-refractivity contribution in [1.29, 1.82) is 0 Å². The Morgan fingerprint density at radius 2 is 2.07 bits per heavy atom. The molecule has 8 heteroatoms. The monoisotopic (exact) mass is 424 g/mol. The largest absolute Gasteiger partial charge is 0.355 e. The van der Waals surface area contributed by atoms with Crippen LogP contribution in [0, 0.1) is 12.8 Å². The minimum Gasteiger partial charge on any atom is -0.355 e. The van der Waals surface area contributed by atoms with E-state index in [0.29, 0.717) is 23.7 Å². The van der Waals surface area contributed by atoms with Gasteiger partial charge in [0.25, 0.3) is 10.0 Å². The van der Waals surface area contributed by atoms with Crippen LogP contribution in [0.3, 0.4) is 0 Å². The number of carbonyl (C=O) groups excluding carboxylic acids is 1. The second-order valence-corrected chi connectivity index (χ2v) is 10.9. The number of thioether (sulfide) groups is 1. The molecule has 1 saturated heterocycles. The summed E-state index contributed by atoms with van der Waals surface area (Å²) in [5, 5.41) is 4.72. The molecule has 1 amide bonds. The van der Waals surface area contributed by atoms with E-state index in [2.05, 4.69) is 36.5 Å². The van der Waals surface area contributed by atoms with Gasteiger partial charge in [0.05, 0.1) is 5.92 Å². The molecule has 1 aliphatic rings. The van der Waals surface area contributed by atoms with Gasteiger partial charge in [-0.05, 0) is 43.3 Å². The third-order valence-corrected chi connectivity index (χ3v) is 8.79. The molecule has 5 nitrogen and oxygen atoms in total. The van der Waals surface area contributed by atoms with Gasteiger partial charge >= 0.3 is 0 Å². The molecule has 0 unspecified atom stereocenters. The van der Waals surface area contributed by atoms with Crippen LogP contribution in [0.15, 0.2) is 50.9 Å². The Hall–Kier alpha value is -1.35. The highest BCUT2D eigenvalue weighted by Crippen LogP contribution is 2.26. The molecule has 0 radical (unpaired) electrons. The van der Waals surface area contributed by atoms with Gasteiger partial charge in [0, 0.05) is 30.3 Å². The maximum absolute atomic E-state index is 12.7. The first-order chi connectivity index (χ1) is 13.0. The number of nitrogens with one attached hydrogen (secondary N) is 1. The average molecular weight is 425 g/mol. The molecular formula is C19H24N2O3S3. The number of carbonyl (C=O) groups is 1. The maximum Gasteiger partial charge on any atom is 0.252 e. The van der Waals surface area contributed by atoms with E-state index in [1.54, 1.807) is 29.3 Å². The predicted octanol–water partition coefficient (Wildman–Crippen LogP) is 3.37. The molecule has 0 spiro atoms. The lowest BCUT2D eigenvalue weighted by Gasteiger charge is -2.30. The van der Waals surface area contributed by atoms with Crippen LogP contribution in [0.25, 0.3) is 0 Å². The van der Waals surface area contributed by atoms with E-state index in [9.17, 15) is 13.2 Å². The van der Waals surface area contributed by atoms with Crippen molar-refractivity contribution in [2.45, 2.75) is 28.9 Å². The lowest BCUT2D eigenvalue weighted by Crippen LogP contribution is -2.45. The van der Waals surface area contributed by atoms with E-state index in [1.807, 2.05) is 0 Å². The van der Waals surface area contributed by atoms with E-state index in [-0.39, 0.29) is 18.4 Å². The van der Waals surface area contributed by atoms with Crippen molar-refractivity contribution in [3.63, 3.8) is 0 Å². The number of piperidine rings is 1. The predicted molar refractivity (Wildman–Crippen MR) is 111 cm³/mol. The fourth-order valence-corrected chi connectivity index (χ4v) is 6.47. The SMILES string of the molecule is Cc1ccc(SCCNC(=O)[C@@H]2CCCN(S(=O)(=O)c3cccs3)C2)cc1. The summed E-state index contributed by atoms with van der Waals surface area (Å²) in [4.78, 5) is 13.7. The van der Waals surface area contributed by atoms with Gasteiger partial charge in [-0.15, -0.1) is 23.1 Å². The molecule has 2 heterocycles. The molecule has 27 heavy (non-hydrogen) atoms. The highest BCUT2D eigenvalue weighted by Gasteiger charge is 2.33. The molecule has 146 valence electrons. The first-order valence-electron chi connectivity index (χ1n) is 8.97. The van der Waals surface area contributed by atoms with E-state index < -0.39 is 10.0 Å². The van der Waals surface area contributed by atoms with Crippen molar-refractivity contribution < 1.29 is 13.2 Å². The number of thiophene rings is 1. The zero-order chi connectivity index (χ0) is 19.3. The Morgan fingerprint density at radius 3 is 2.78 bits per heavy atom. The van der Waals surface area contributed by atoms with E-state index in [4.69, 9.17) is 0 Å². The van der Waals surface area contributed by atoms with Gasteiger partial charge in [0.2, 0.25) is 5.91 Å². The summed E-state index contributed by atoms with van der Waals surface area (Å²) < 4.78 is 27.1. The number of aryl methyl sites for hydroxylation is 1. The molecule has 1 aliphatic heterocycles. The third kappa shape index (κ3) is 5.34. The van der Waals surface area contributed by atoms with Crippen LogP contribution < -0.4 is 5.32 Å². The molecule has 3 rings (SSSR count). The van der Waals surface area contributed by atoms with Crippen LogP contribution in [-0.4, -0.2) is 44.0 Å².